The third-order valence-electron chi connectivity index (χ3n) is 6.38. The van der Waals surface area contributed by atoms with Gasteiger partial charge in [-0.2, -0.15) is 0 Å². The number of piperidine rings is 1. The molecule has 2 aliphatic rings. The average Bonchev–Trinajstić information content (AvgIpc) is 3.17. The van der Waals surface area contributed by atoms with Crippen LogP contribution in [-0.2, 0) is 6.54 Å². The first-order valence-electron chi connectivity index (χ1n) is 11.2. The minimum atomic E-state index is 0.0897. The molecular weight excluding hydrogens is 394 g/mol. The maximum absolute atomic E-state index is 6.00. The molecule has 0 aromatic heterocycles. The van der Waals surface area contributed by atoms with Gasteiger partial charge < -0.3 is 25.0 Å². The summed E-state index contributed by atoms with van der Waals surface area (Å²) < 4.78 is 11.0. The van der Waals surface area contributed by atoms with Gasteiger partial charge in [-0.1, -0.05) is 12.8 Å². The van der Waals surface area contributed by atoms with Gasteiger partial charge in [0.25, 0.3) is 0 Å². The van der Waals surface area contributed by atoms with E-state index in [0.29, 0.717) is 12.1 Å². The summed E-state index contributed by atoms with van der Waals surface area (Å²) in [6, 6.07) is 6.90. The molecule has 0 unspecified atom stereocenters. The van der Waals surface area contributed by atoms with Gasteiger partial charge in [0.15, 0.2) is 5.11 Å². The molecule has 1 aliphatic heterocycles. The second kappa shape index (κ2) is 9.31. The molecule has 6 heteroatoms. The average molecular weight is 434 g/mol. The first-order chi connectivity index (χ1) is 14.1. The van der Waals surface area contributed by atoms with Crippen molar-refractivity contribution in [1.29, 1.82) is 0 Å². The molecule has 1 aromatic rings. The van der Waals surface area contributed by atoms with E-state index in [2.05, 4.69) is 49.3 Å². The fraction of sp³-hybridized carbons (Fsp3) is 0.708. The van der Waals surface area contributed by atoms with Crippen molar-refractivity contribution in [3.63, 3.8) is 0 Å². The summed E-state index contributed by atoms with van der Waals surface area (Å²) in [6.45, 7) is 9.87. The topological polar surface area (TPSA) is 45.8 Å². The number of nitrogens with one attached hydrogen (secondary N) is 2. The second-order valence-electron chi connectivity index (χ2n) is 10.2. The van der Waals surface area contributed by atoms with Crippen LogP contribution in [0.5, 0.6) is 11.5 Å². The summed E-state index contributed by atoms with van der Waals surface area (Å²) in [5.41, 5.74) is 1.32. The molecule has 1 aliphatic carbocycles. The van der Waals surface area contributed by atoms with Crippen LogP contribution in [0.25, 0.3) is 0 Å². The standard InChI is InChI=1S/C24H39N3O2S/c1-23(2)14-18(15-24(3,4)26-23)25-22(30)27(19-9-7-8-10-19)16-17-11-12-20(28-5)13-21(17)29-6/h11-13,18-19,26H,7-10,14-16H2,1-6H3,(H,25,30). The summed E-state index contributed by atoms with van der Waals surface area (Å²) in [4.78, 5) is 2.40. The zero-order valence-electron chi connectivity index (χ0n) is 19.5. The van der Waals surface area contributed by atoms with Crippen molar-refractivity contribution in [3.05, 3.63) is 23.8 Å². The number of methoxy groups -OCH3 is 2. The number of hydrogen-bond donors (Lipinski definition) is 2. The molecule has 1 saturated heterocycles. The molecule has 168 valence electrons. The molecule has 2 N–H and O–H groups in total. The molecule has 0 spiro atoms. The van der Waals surface area contributed by atoms with Gasteiger partial charge in [0.05, 0.1) is 14.2 Å². The van der Waals surface area contributed by atoms with Gasteiger partial charge in [-0.25, -0.2) is 0 Å². The minimum absolute atomic E-state index is 0.0897. The zero-order valence-corrected chi connectivity index (χ0v) is 20.3. The lowest BCUT2D eigenvalue weighted by Gasteiger charge is -2.47. The summed E-state index contributed by atoms with van der Waals surface area (Å²) in [5, 5.41) is 8.37. The third kappa shape index (κ3) is 5.79. The molecule has 2 fully saturated rings. The smallest absolute Gasteiger partial charge is 0.169 e. The third-order valence-corrected chi connectivity index (χ3v) is 6.73. The van der Waals surface area contributed by atoms with E-state index in [1.165, 1.54) is 25.7 Å². The number of hydrogen-bond acceptors (Lipinski definition) is 4. The molecule has 5 nitrogen and oxygen atoms in total. The Kier molecular flexibility index (Phi) is 7.18. The maximum Gasteiger partial charge on any atom is 0.169 e. The molecular formula is C24H39N3O2S. The van der Waals surface area contributed by atoms with Crippen molar-refractivity contribution < 1.29 is 9.47 Å². The minimum Gasteiger partial charge on any atom is -0.497 e. The van der Waals surface area contributed by atoms with Crippen molar-refractivity contribution in [1.82, 2.24) is 15.5 Å². The van der Waals surface area contributed by atoms with E-state index in [9.17, 15) is 0 Å². The molecule has 0 amide bonds. The van der Waals surface area contributed by atoms with Crippen LogP contribution in [0.3, 0.4) is 0 Å². The first kappa shape index (κ1) is 23.1. The van der Waals surface area contributed by atoms with Crippen LogP contribution in [0.1, 0.15) is 71.8 Å². The Hall–Kier alpha value is -1.53. The molecule has 1 aromatic carbocycles. The highest BCUT2D eigenvalue weighted by atomic mass is 32.1. The quantitative estimate of drug-likeness (QED) is 0.638. The lowest BCUT2D eigenvalue weighted by atomic mass is 9.80. The summed E-state index contributed by atoms with van der Waals surface area (Å²) in [7, 11) is 3.40. The van der Waals surface area contributed by atoms with Gasteiger partial charge in [-0.05, 0) is 77.7 Å². The van der Waals surface area contributed by atoms with Crippen LogP contribution in [0.2, 0.25) is 0 Å². The lowest BCUT2D eigenvalue weighted by Crippen LogP contribution is -2.63. The second-order valence-corrected chi connectivity index (χ2v) is 10.6. The number of benzene rings is 1. The van der Waals surface area contributed by atoms with Crippen LogP contribution < -0.4 is 20.1 Å². The van der Waals surface area contributed by atoms with Crippen molar-refractivity contribution in [2.75, 3.05) is 14.2 Å². The maximum atomic E-state index is 6.00. The monoisotopic (exact) mass is 433 g/mol. The van der Waals surface area contributed by atoms with Gasteiger partial charge in [0, 0.05) is 41.3 Å². The van der Waals surface area contributed by atoms with E-state index in [-0.39, 0.29) is 11.1 Å². The highest BCUT2D eigenvalue weighted by molar-refractivity contribution is 7.80. The Balaban J connectivity index is 1.78. The summed E-state index contributed by atoms with van der Waals surface area (Å²) >= 11 is 6.00. The van der Waals surface area contributed by atoms with E-state index >= 15 is 0 Å². The predicted molar refractivity (Wildman–Crippen MR) is 127 cm³/mol. The highest BCUT2D eigenvalue weighted by Crippen LogP contribution is 2.32. The number of thiocarbonyl (C=S) groups is 1. The Morgan fingerprint density at radius 3 is 2.30 bits per heavy atom. The van der Waals surface area contributed by atoms with Crippen molar-refractivity contribution in [2.45, 2.75) is 95.9 Å². The molecule has 1 heterocycles. The van der Waals surface area contributed by atoms with Crippen molar-refractivity contribution in [3.8, 4) is 11.5 Å². The molecule has 3 rings (SSSR count). The van der Waals surface area contributed by atoms with E-state index < -0.39 is 0 Å². The normalized spacial score (nSPS) is 21.3. The fourth-order valence-electron chi connectivity index (χ4n) is 5.43. The van der Waals surface area contributed by atoms with Gasteiger partial charge in [0.1, 0.15) is 11.5 Å². The van der Waals surface area contributed by atoms with Gasteiger partial charge in [0.2, 0.25) is 0 Å². The Morgan fingerprint density at radius 1 is 1.10 bits per heavy atom. The Bertz CT molecular complexity index is 728. The zero-order chi connectivity index (χ0) is 21.9. The predicted octanol–water partition coefficient (Wildman–Crippen LogP) is 4.63. The highest BCUT2D eigenvalue weighted by Gasteiger charge is 2.38. The SMILES string of the molecule is COc1ccc(CN(C(=S)NC2CC(C)(C)NC(C)(C)C2)C2CCCC2)c(OC)c1. The van der Waals surface area contributed by atoms with Crippen molar-refractivity contribution >= 4 is 17.3 Å². The molecule has 0 atom stereocenters. The number of nitrogens with zero attached hydrogens (tertiary/aromatic N) is 1. The van der Waals surface area contributed by atoms with Crippen LogP contribution in [0.15, 0.2) is 18.2 Å². The van der Waals surface area contributed by atoms with Crippen LogP contribution in [0.4, 0.5) is 0 Å². The Labute approximate surface area is 187 Å². The van der Waals surface area contributed by atoms with Crippen molar-refractivity contribution in [2.24, 2.45) is 0 Å². The fourth-order valence-corrected chi connectivity index (χ4v) is 5.81. The molecule has 1 saturated carbocycles. The summed E-state index contributed by atoms with van der Waals surface area (Å²) in [5.74, 6) is 1.66. The number of ether oxygens (including phenoxy) is 2. The van der Waals surface area contributed by atoms with E-state index in [1.54, 1.807) is 14.2 Å². The Morgan fingerprint density at radius 2 is 1.73 bits per heavy atom. The van der Waals surface area contributed by atoms with Gasteiger partial charge >= 0.3 is 0 Å². The van der Waals surface area contributed by atoms with Gasteiger partial charge in [-0.3, -0.25) is 0 Å². The van der Waals surface area contributed by atoms with E-state index in [4.69, 9.17) is 21.7 Å². The first-order valence-corrected chi connectivity index (χ1v) is 11.6. The largest absolute Gasteiger partial charge is 0.497 e. The van der Waals surface area contributed by atoms with E-state index in [1.807, 2.05) is 12.1 Å². The molecule has 30 heavy (non-hydrogen) atoms. The van der Waals surface area contributed by atoms with E-state index in [0.717, 1.165) is 41.6 Å². The van der Waals surface area contributed by atoms with Gasteiger partial charge in [-0.15, -0.1) is 0 Å². The summed E-state index contributed by atoms with van der Waals surface area (Å²) in [6.07, 6.45) is 7.06. The molecule has 0 radical (unpaired) electrons. The van der Waals surface area contributed by atoms with Crippen LogP contribution in [-0.4, -0.2) is 47.4 Å². The van der Waals surface area contributed by atoms with Crippen LogP contribution in [0, 0.1) is 0 Å². The van der Waals surface area contributed by atoms with Crippen LogP contribution >= 0.6 is 12.2 Å². The number of rotatable bonds is 6. The lowest BCUT2D eigenvalue weighted by molar-refractivity contribution is 0.152. The molecule has 0 bridgehead atoms.